The molecule has 0 saturated carbocycles. The molecule has 3 rings (SSSR count). The second-order valence-electron chi connectivity index (χ2n) is 8.73. The Hall–Kier alpha value is -1.92. The topological polar surface area (TPSA) is 61.9 Å². The molecule has 2 aliphatic heterocycles. The first-order valence-corrected chi connectivity index (χ1v) is 10.9. The molecule has 3 unspecified atom stereocenters. The maximum atomic E-state index is 12.8. The summed E-state index contributed by atoms with van der Waals surface area (Å²) in [5.74, 6) is 0.146. The summed E-state index contributed by atoms with van der Waals surface area (Å²) in [7, 11) is 0. The molecule has 2 aliphatic rings. The zero-order valence-corrected chi connectivity index (χ0v) is 18.2. The van der Waals surface area contributed by atoms with Crippen molar-refractivity contribution >= 4 is 11.8 Å². The lowest BCUT2D eigenvalue weighted by Gasteiger charge is -2.37. The summed E-state index contributed by atoms with van der Waals surface area (Å²) in [6.07, 6.45) is 3.31. The number of nitrogens with one attached hydrogen (secondary N) is 1. The Balaban J connectivity index is 1.55. The minimum Gasteiger partial charge on any atom is -0.372 e. The highest BCUT2D eigenvalue weighted by atomic mass is 16.5. The van der Waals surface area contributed by atoms with Gasteiger partial charge in [0.25, 0.3) is 5.91 Å². The van der Waals surface area contributed by atoms with Crippen LogP contribution >= 0.6 is 0 Å². The minimum atomic E-state index is -0.0325. The van der Waals surface area contributed by atoms with Crippen molar-refractivity contribution < 1.29 is 14.3 Å². The van der Waals surface area contributed by atoms with Gasteiger partial charge in [0.05, 0.1) is 18.2 Å². The van der Waals surface area contributed by atoms with Crippen LogP contribution in [0.15, 0.2) is 24.3 Å². The fraction of sp³-hybridized carbons (Fsp3) is 0.652. The SMILES string of the molecule is CC1CN(C(=O)c2ccc(CNC(=O)C3CCCCN3C(C)C)cc2)CC(C)O1. The standard InChI is InChI=1S/C23H35N3O3/c1-16(2)26-12-6-5-7-21(26)22(27)24-13-19-8-10-20(11-9-19)23(28)25-14-17(3)29-18(4)15-25/h8-11,16-18,21H,5-7,12-15H2,1-4H3,(H,24,27). The van der Waals surface area contributed by atoms with E-state index in [4.69, 9.17) is 4.74 Å². The summed E-state index contributed by atoms with van der Waals surface area (Å²) in [6, 6.07) is 7.92. The number of rotatable bonds is 5. The van der Waals surface area contributed by atoms with Crippen molar-refractivity contribution in [2.24, 2.45) is 0 Å². The highest BCUT2D eigenvalue weighted by Crippen LogP contribution is 2.20. The van der Waals surface area contributed by atoms with Crippen LogP contribution in [0.1, 0.15) is 62.9 Å². The molecule has 160 valence electrons. The second-order valence-corrected chi connectivity index (χ2v) is 8.73. The van der Waals surface area contributed by atoms with Crippen LogP contribution in [0.5, 0.6) is 0 Å². The fourth-order valence-corrected chi connectivity index (χ4v) is 4.45. The third-order valence-corrected chi connectivity index (χ3v) is 5.88. The molecule has 0 radical (unpaired) electrons. The third-order valence-electron chi connectivity index (χ3n) is 5.88. The first-order valence-electron chi connectivity index (χ1n) is 10.9. The number of piperidine rings is 1. The van der Waals surface area contributed by atoms with Gasteiger partial charge < -0.3 is 15.0 Å². The molecule has 2 heterocycles. The van der Waals surface area contributed by atoms with Gasteiger partial charge in [-0.3, -0.25) is 14.5 Å². The van der Waals surface area contributed by atoms with Crippen molar-refractivity contribution in [3.8, 4) is 0 Å². The maximum absolute atomic E-state index is 12.8. The first kappa shape index (κ1) is 21.8. The van der Waals surface area contributed by atoms with Gasteiger partial charge in [-0.15, -0.1) is 0 Å². The van der Waals surface area contributed by atoms with E-state index in [1.807, 2.05) is 43.0 Å². The molecule has 0 aromatic heterocycles. The number of amides is 2. The van der Waals surface area contributed by atoms with Crippen LogP contribution in [0.3, 0.4) is 0 Å². The number of likely N-dealkylation sites (tertiary alicyclic amines) is 1. The Morgan fingerprint density at radius 2 is 1.76 bits per heavy atom. The Kier molecular flexibility index (Phi) is 7.30. The Labute approximate surface area is 174 Å². The largest absolute Gasteiger partial charge is 0.372 e. The summed E-state index contributed by atoms with van der Waals surface area (Å²) in [5.41, 5.74) is 1.69. The molecule has 6 nitrogen and oxygen atoms in total. The maximum Gasteiger partial charge on any atom is 0.254 e. The van der Waals surface area contributed by atoms with Gasteiger partial charge in [-0.1, -0.05) is 18.6 Å². The van der Waals surface area contributed by atoms with Crippen molar-refractivity contribution in [2.45, 2.75) is 77.8 Å². The number of hydrogen-bond donors (Lipinski definition) is 1. The van der Waals surface area contributed by atoms with Crippen LogP contribution in [-0.2, 0) is 16.1 Å². The van der Waals surface area contributed by atoms with Gasteiger partial charge in [-0.25, -0.2) is 0 Å². The van der Waals surface area contributed by atoms with Gasteiger partial charge in [0.2, 0.25) is 5.91 Å². The summed E-state index contributed by atoms with van der Waals surface area (Å²) in [4.78, 5) is 29.6. The average Bonchev–Trinajstić information content (AvgIpc) is 2.71. The average molecular weight is 402 g/mol. The molecule has 1 aromatic carbocycles. The molecule has 29 heavy (non-hydrogen) atoms. The van der Waals surface area contributed by atoms with Gasteiger partial charge in [0.1, 0.15) is 0 Å². The Bertz CT molecular complexity index is 694. The number of morpholine rings is 1. The van der Waals surface area contributed by atoms with E-state index in [1.165, 1.54) is 0 Å². The molecular formula is C23H35N3O3. The van der Waals surface area contributed by atoms with E-state index in [2.05, 4.69) is 24.1 Å². The van der Waals surface area contributed by atoms with Crippen LogP contribution < -0.4 is 5.32 Å². The molecule has 6 heteroatoms. The van der Waals surface area contributed by atoms with Gasteiger partial charge in [0.15, 0.2) is 0 Å². The molecule has 1 N–H and O–H groups in total. The number of hydrogen-bond acceptors (Lipinski definition) is 4. The van der Waals surface area contributed by atoms with E-state index in [9.17, 15) is 9.59 Å². The van der Waals surface area contributed by atoms with E-state index < -0.39 is 0 Å². The smallest absolute Gasteiger partial charge is 0.254 e. The van der Waals surface area contributed by atoms with E-state index >= 15 is 0 Å². The second kappa shape index (κ2) is 9.72. The lowest BCUT2D eigenvalue weighted by Crippen LogP contribution is -2.51. The summed E-state index contributed by atoms with van der Waals surface area (Å²) in [5, 5.41) is 3.08. The summed E-state index contributed by atoms with van der Waals surface area (Å²) in [6.45, 7) is 11.0. The number of carbonyl (C=O) groups excluding carboxylic acids is 2. The molecule has 1 aromatic rings. The van der Waals surface area contributed by atoms with Gasteiger partial charge in [0, 0.05) is 31.2 Å². The first-order chi connectivity index (χ1) is 13.8. The van der Waals surface area contributed by atoms with Crippen LogP contribution in [0.2, 0.25) is 0 Å². The van der Waals surface area contributed by atoms with Crippen molar-refractivity contribution in [1.82, 2.24) is 15.1 Å². The van der Waals surface area contributed by atoms with Gasteiger partial charge >= 0.3 is 0 Å². The van der Waals surface area contributed by atoms with Gasteiger partial charge in [-0.05, 0) is 64.8 Å². The molecule has 0 bridgehead atoms. The Morgan fingerprint density at radius 1 is 1.10 bits per heavy atom. The molecule has 2 amide bonds. The summed E-state index contributed by atoms with van der Waals surface area (Å²) < 4.78 is 5.71. The predicted octanol–water partition coefficient (Wildman–Crippen LogP) is 2.82. The predicted molar refractivity (Wildman–Crippen MR) is 114 cm³/mol. The molecule has 2 saturated heterocycles. The molecule has 0 aliphatic carbocycles. The highest BCUT2D eigenvalue weighted by Gasteiger charge is 2.30. The van der Waals surface area contributed by atoms with E-state index in [0.717, 1.165) is 31.4 Å². The van der Waals surface area contributed by atoms with Crippen LogP contribution in [0.4, 0.5) is 0 Å². The van der Waals surface area contributed by atoms with Crippen molar-refractivity contribution in [1.29, 1.82) is 0 Å². The quantitative estimate of drug-likeness (QED) is 0.824. The normalized spacial score (nSPS) is 25.8. The number of carbonyl (C=O) groups is 2. The highest BCUT2D eigenvalue weighted by molar-refractivity contribution is 5.94. The zero-order valence-electron chi connectivity index (χ0n) is 18.2. The van der Waals surface area contributed by atoms with Crippen LogP contribution in [0, 0.1) is 0 Å². The van der Waals surface area contributed by atoms with E-state index in [0.29, 0.717) is 31.2 Å². The van der Waals surface area contributed by atoms with E-state index in [1.54, 1.807) is 0 Å². The van der Waals surface area contributed by atoms with Gasteiger partial charge in [-0.2, -0.15) is 0 Å². The van der Waals surface area contributed by atoms with E-state index in [-0.39, 0.29) is 30.1 Å². The number of benzene rings is 1. The third kappa shape index (κ3) is 5.58. The van der Waals surface area contributed by atoms with Crippen molar-refractivity contribution in [3.05, 3.63) is 35.4 Å². The van der Waals surface area contributed by atoms with Crippen LogP contribution in [0.25, 0.3) is 0 Å². The fourth-order valence-electron chi connectivity index (χ4n) is 4.45. The van der Waals surface area contributed by atoms with Crippen molar-refractivity contribution in [3.63, 3.8) is 0 Å². The Morgan fingerprint density at radius 3 is 2.38 bits per heavy atom. The van der Waals surface area contributed by atoms with Crippen LogP contribution in [-0.4, -0.2) is 65.5 Å². The monoisotopic (exact) mass is 401 g/mol. The number of ether oxygens (including phenoxy) is 1. The zero-order chi connectivity index (χ0) is 21.0. The molecule has 0 spiro atoms. The summed E-state index contributed by atoms with van der Waals surface area (Å²) >= 11 is 0. The molecular weight excluding hydrogens is 366 g/mol. The lowest BCUT2D eigenvalue weighted by atomic mass is 9.99. The number of nitrogens with zero attached hydrogens (tertiary/aromatic N) is 2. The van der Waals surface area contributed by atoms with Crippen molar-refractivity contribution in [2.75, 3.05) is 19.6 Å². The lowest BCUT2D eigenvalue weighted by molar-refractivity contribution is -0.128. The molecule has 2 fully saturated rings. The molecule has 3 atom stereocenters. The minimum absolute atomic E-state index is 0.0325.